The molecule has 0 bridgehead atoms. The molecule has 0 N–H and O–H groups in total. The Hall–Kier alpha value is -0.690. The number of carbonyl (C=O) groups excluding carboxylic acids is 1. The van der Waals surface area contributed by atoms with E-state index < -0.39 is 0 Å². The summed E-state index contributed by atoms with van der Waals surface area (Å²) in [5.41, 5.74) is 0. The fraction of sp³-hybridized carbons (Fsp3) is 0.969. The minimum atomic E-state index is -0.0894. The number of unbranched alkanes of at least 4 members (excludes halogenated alkanes) is 11. The summed E-state index contributed by atoms with van der Waals surface area (Å²) < 4.78 is 27.8. The van der Waals surface area contributed by atoms with Crippen molar-refractivity contribution >= 4 is 5.97 Å². The van der Waals surface area contributed by atoms with Crippen LogP contribution in [-0.2, 0) is 28.5 Å². The van der Waals surface area contributed by atoms with Crippen molar-refractivity contribution in [3.8, 4) is 0 Å². The van der Waals surface area contributed by atoms with E-state index >= 15 is 0 Å². The molecule has 0 radical (unpaired) electrons. The molecular formula is C32H64O6. The highest BCUT2D eigenvalue weighted by molar-refractivity contribution is 5.69. The molecule has 0 rings (SSSR count). The van der Waals surface area contributed by atoms with Crippen LogP contribution in [0, 0.1) is 5.92 Å². The van der Waals surface area contributed by atoms with Crippen LogP contribution in [0.1, 0.15) is 136 Å². The molecule has 0 aliphatic rings. The lowest BCUT2D eigenvalue weighted by Crippen LogP contribution is -2.15. The predicted molar refractivity (Wildman–Crippen MR) is 158 cm³/mol. The molecule has 0 amide bonds. The molecule has 0 spiro atoms. The van der Waals surface area contributed by atoms with Gasteiger partial charge in [-0.05, 0) is 31.6 Å². The largest absolute Gasteiger partial charge is 0.465 e. The molecule has 0 saturated carbocycles. The van der Waals surface area contributed by atoms with Crippen molar-refractivity contribution in [1.29, 1.82) is 0 Å². The van der Waals surface area contributed by atoms with E-state index in [2.05, 4.69) is 20.8 Å². The summed E-state index contributed by atoms with van der Waals surface area (Å²) in [7, 11) is 0. The maximum absolute atomic E-state index is 12.2. The summed E-state index contributed by atoms with van der Waals surface area (Å²) in [5.74, 6) is 0.427. The van der Waals surface area contributed by atoms with E-state index in [0.717, 1.165) is 13.0 Å². The molecule has 0 aromatic rings. The van der Waals surface area contributed by atoms with Crippen LogP contribution in [0.2, 0.25) is 0 Å². The van der Waals surface area contributed by atoms with Gasteiger partial charge in [0.2, 0.25) is 0 Å². The number of hydrogen-bond acceptors (Lipinski definition) is 6. The second kappa shape index (κ2) is 32.5. The molecule has 0 saturated heterocycles. The maximum Gasteiger partial charge on any atom is 0.305 e. The molecule has 1 unspecified atom stereocenters. The average molecular weight is 545 g/mol. The third-order valence-corrected chi connectivity index (χ3v) is 6.84. The lowest BCUT2D eigenvalue weighted by Gasteiger charge is -2.17. The summed E-state index contributed by atoms with van der Waals surface area (Å²) in [5, 5.41) is 0. The normalized spacial score (nSPS) is 12.2. The molecule has 0 aromatic carbocycles. The van der Waals surface area contributed by atoms with E-state index in [0.29, 0.717) is 71.6 Å². The van der Waals surface area contributed by atoms with Crippen LogP contribution in [0.25, 0.3) is 0 Å². The molecule has 1 atom stereocenters. The van der Waals surface area contributed by atoms with Crippen LogP contribution in [0.5, 0.6) is 0 Å². The lowest BCUT2D eigenvalue weighted by atomic mass is 9.95. The van der Waals surface area contributed by atoms with Gasteiger partial charge in [-0.15, -0.1) is 0 Å². The van der Waals surface area contributed by atoms with Crippen LogP contribution in [-0.4, -0.2) is 65.4 Å². The van der Waals surface area contributed by atoms with E-state index in [-0.39, 0.29) is 5.97 Å². The second-order valence-corrected chi connectivity index (χ2v) is 10.6. The van der Waals surface area contributed by atoms with E-state index in [9.17, 15) is 4.79 Å². The van der Waals surface area contributed by atoms with Gasteiger partial charge in [0.15, 0.2) is 0 Å². The predicted octanol–water partition coefficient (Wildman–Crippen LogP) is 8.29. The van der Waals surface area contributed by atoms with Gasteiger partial charge >= 0.3 is 5.97 Å². The van der Waals surface area contributed by atoms with Gasteiger partial charge in [-0.1, -0.05) is 104 Å². The lowest BCUT2D eigenvalue weighted by molar-refractivity contribution is -0.145. The summed E-state index contributed by atoms with van der Waals surface area (Å²) in [6, 6.07) is 0. The quantitative estimate of drug-likeness (QED) is 0.0627. The first-order chi connectivity index (χ1) is 18.7. The Morgan fingerprint density at radius 1 is 0.474 bits per heavy atom. The number of rotatable bonds is 32. The first-order valence-electron chi connectivity index (χ1n) is 16.2. The van der Waals surface area contributed by atoms with E-state index in [1.807, 2.05) is 0 Å². The Balaban J connectivity index is 3.61. The number of ether oxygens (including phenoxy) is 5. The summed E-state index contributed by atoms with van der Waals surface area (Å²) in [6.07, 6.45) is 21.4. The van der Waals surface area contributed by atoms with Crippen LogP contribution in [0.15, 0.2) is 0 Å². The first-order valence-corrected chi connectivity index (χ1v) is 16.2. The molecule has 0 fully saturated rings. The fourth-order valence-corrected chi connectivity index (χ4v) is 4.38. The van der Waals surface area contributed by atoms with Crippen molar-refractivity contribution in [2.45, 2.75) is 136 Å². The Morgan fingerprint density at radius 2 is 0.868 bits per heavy atom. The van der Waals surface area contributed by atoms with Crippen LogP contribution < -0.4 is 0 Å². The highest BCUT2D eigenvalue weighted by atomic mass is 16.6. The Morgan fingerprint density at radius 3 is 1.39 bits per heavy atom. The molecular weight excluding hydrogens is 480 g/mol. The first kappa shape index (κ1) is 37.3. The van der Waals surface area contributed by atoms with E-state index in [1.54, 1.807) is 0 Å². The minimum absolute atomic E-state index is 0.0894. The van der Waals surface area contributed by atoms with Gasteiger partial charge in [0.05, 0.1) is 46.2 Å². The van der Waals surface area contributed by atoms with Crippen molar-refractivity contribution in [2.24, 2.45) is 5.92 Å². The van der Waals surface area contributed by atoms with Gasteiger partial charge in [0.1, 0.15) is 0 Å². The summed E-state index contributed by atoms with van der Waals surface area (Å²) in [4.78, 5) is 12.2. The summed E-state index contributed by atoms with van der Waals surface area (Å²) >= 11 is 0. The SMILES string of the molecule is CCCCCCCCC(CCCCCC)COC(=O)CCCOCCOCCOCCOCCCCCC. The van der Waals surface area contributed by atoms with Crippen molar-refractivity contribution in [2.75, 3.05) is 59.5 Å². The monoisotopic (exact) mass is 544 g/mol. The third kappa shape index (κ3) is 29.9. The Labute approximate surface area is 236 Å². The van der Waals surface area contributed by atoms with Crippen molar-refractivity contribution < 1.29 is 28.5 Å². The zero-order chi connectivity index (χ0) is 27.8. The van der Waals surface area contributed by atoms with Crippen LogP contribution >= 0.6 is 0 Å². The second-order valence-electron chi connectivity index (χ2n) is 10.6. The highest BCUT2D eigenvalue weighted by Crippen LogP contribution is 2.19. The fourth-order valence-electron chi connectivity index (χ4n) is 4.38. The Kier molecular flexibility index (Phi) is 31.9. The minimum Gasteiger partial charge on any atom is -0.465 e. The molecule has 0 aliphatic heterocycles. The molecule has 0 heterocycles. The topological polar surface area (TPSA) is 63.2 Å². The van der Waals surface area contributed by atoms with Crippen LogP contribution in [0.4, 0.5) is 0 Å². The average Bonchev–Trinajstić information content (AvgIpc) is 2.92. The van der Waals surface area contributed by atoms with Crippen molar-refractivity contribution in [3.05, 3.63) is 0 Å². The van der Waals surface area contributed by atoms with E-state index in [4.69, 9.17) is 23.7 Å². The van der Waals surface area contributed by atoms with Gasteiger partial charge < -0.3 is 23.7 Å². The highest BCUT2D eigenvalue weighted by Gasteiger charge is 2.12. The Bertz CT molecular complexity index is 459. The van der Waals surface area contributed by atoms with E-state index in [1.165, 1.54) is 96.3 Å². The smallest absolute Gasteiger partial charge is 0.305 e. The number of hydrogen-bond donors (Lipinski definition) is 0. The third-order valence-electron chi connectivity index (χ3n) is 6.84. The standard InChI is InChI=1S/C32H64O6/c1-4-7-10-13-14-16-20-31(19-15-11-8-5-2)30-38-32(33)21-18-23-35-25-27-37-29-28-36-26-24-34-22-17-12-9-6-3/h31H,4-30H2,1-3H3. The zero-order valence-corrected chi connectivity index (χ0v) is 25.6. The molecule has 228 valence electrons. The van der Waals surface area contributed by atoms with Gasteiger partial charge in [-0.2, -0.15) is 0 Å². The molecule has 0 aliphatic carbocycles. The number of esters is 1. The summed E-state index contributed by atoms with van der Waals surface area (Å²) in [6.45, 7) is 12.2. The van der Waals surface area contributed by atoms with Gasteiger partial charge in [0, 0.05) is 19.6 Å². The number of carbonyl (C=O) groups is 1. The molecule has 6 heteroatoms. The molecule has 6 nitrogen and oxygen atoms in total. The van der Waals surface area contributed by atoms with Gasteiger partial charge in [-0.25, -0.2) is 0 Å². The maximum atomic E-state index is 12.2. The van der Waals surface area contributed by atoms with Crippen LogP contribution in [0.3, 0.4) is 0 Å². The molecule has 0 aromatic heterocycles. The van der Waals surface area contributed by atoms with Gasteiger partial charge in [0.25, 0.3) is 0 Å². The van der Waals surface area contributed by atoms with Gasteiger partial charge in [-0.3, -0.25) is 4.79 Å². The van der Waals surface area contributed by atoms with Crippen molar-refractivity contribution in [3.63, 3.8) is 0 Å². The zero-order valence-electron chi connectivity index (χ0n) is 25.6. The van der Waals surface area contributed by atoms with Crippen molar-refractivity contribution in [1.82, 2.24) is 0 Å². The molecule has 38 heavy (non-hydrogen) atoms.